The van der Waals surface area contributed by atoms with Crippen LogP contribution in [0.25, 0.3) is 0 Å². The van der Waals surface area contributed by atoms with Crippen molar-refractivity contribution in [1.29, 1.82) is 0 Å². The summed E-state index contributed by atoms with van der Waals surface area (Å²) in [4.78, 5) is 24.5. The summed E-state index contributed by atoms with van der Waals surface area (Å²) in [6.45, 7) is 4.91. The lowest BCUT2D eigenvalue weighted by Crippen LogP contribution is -2.45. The van der Waals surface area contributed by atoms with Crippen LogP contribution in [0.1, 0.15) is 373 Å². The number of amides is 1. The molecular weight excluding hydrogens is 935 g/mol. The molecule has 6 nitrogen and oxygen atoms in total. The predicted molar refractivity (Wildman–Crippen MR) is 333 cm³/mol. The van der Waals surface area contributed by atoms with Crippen LogP contribution in [0.2, 0.25) is 0 Å². The van der Waals surface area contributed by atoms with Gasteiger partial charge in [0.25, 0.3) is 0 Å². The number of rotatable bonds is 64. The number of ether oxygens (including phenoxy) is 1. The van der Waals surface area contributed by atoms with Crippen LogP contribution in [0.4, 0.5) is 0 Å². The summed E-state index contributed by atoms with van der Waals surface area (Å²) in [7, 11) is 0. The van der Waals surface area contributed by atoms with Gasteiger partial charge in [0.15, 0.2) is 0 Å². The highest BCUT2D eigenvalue weighted by atomic mass is 16.5. The average molecular weight is 1070 g/mol. The molecule has 0 saturated heterocycles. The molecule has 2 atom stereocenters. The van der Waals surface area contributed by atoms with Crippen LogP contribution in [0.3, 0.4) is 0 Å². The normalized spacial score (nSPS) is 12.7. The first kappa shape index (κ1) is 74.1. The number of unbranched alkanes of at least 4 members (excludes halogenated alkanes) is 49. The smallest absolute Gasteiger partial charge is 0.305 e. The van der Waals surface area contributed by atoms with Crippen molar-refractivity contribution in [1.82, 2.24) is 5.32 Å². The second-order valence-electron chi connectivity index (χ2n) is 23.5. The summed E-state index contributed by atoms with van der Waals surface area (Å²) in [6.07, 6.45) is 83.7. The Morgan fingerprint density at radius 2 is 0.618 bits per heavy atom. The summed E-state index contributed by atoms with van der Waals surface area (Å²) in [6, 6.07) is -0.625. The van der Waals surface area contributed by atoms with Crippen molar-refractivity contribution >= 4 is 11.9 Å². The molecule has 0 spiro atoms. The van der Waals surface area contributed by atoms with Crippen LogP contribution in [-0.4, -0.2) is 47.4 Å². The molecule has 448 valence electrons. The van der Waals surface area contributed by atoms with Crippen LogP contribution in [0.5, 0.6) is 0 Å². The third-order valence-corrected chi connectivity index (χ3v) is 15.9. The van der Waals surface area contributed by atoms with Crippen molar-refractivity contribution in [2.75, 3.05) is 13.2 Å². The molecule has 6 heteroatoms. The van der Waals surface area contributed by atoms with Gasteiger partial charge in [-0.3, -0.25) is 9.59 Å². The molecule has 0 saturated carbocycles. The number of aliphatic hydroxyl groups is 2. The molecule has 0 rings (SSSR count). The van der Waals surface area contributed by atoms with E-state index in [1.165, 1.54) is 302 Å². The van der Waals surface area contributed by atoms with Crippen molar-refractivity contribution in [3.8, 4) is 0 Å². The fourth-order valence-electron chi connectivity index (χ4n) is 10.6. The molecule has 0 bridgehead atoms. The maximum atomic E-state index is 12.4. The maximum absolute atomic E-state index is 12.4. The lowest BCUT2D eigenvalue weighted by atomic mass is 10.0. The summed E-state index contributed by atoms with van der Waals surface area (Å²) >= 11 is 0. The SMILES string of the molecule is CCCCCCCC/C=C\CCCCCCCC(=O)OCCCCCCCCCCCCCC/C=C\CCCCCCCCCCCCCCCCCCC(=O)NC(CO)C(O)/C=C/CCCCCCCCCCCC. The van der Waals surface area contributed by atoms with Crippen molar-refractivity contribution in [3.05, 3.63) is 36.5 Å². The first-order valence-corrected chi connectivity index (χ1v) is 34.3. The monoisotopic (exact) mass is 1070 g/mol. The highest BCUT2D eigenvalue weighted by molar-refractivity contribution is 5.76. The number of nitrogens with one attached hydrogen (secondary N) is 1. The maximum Gasteiger partial charge on any atom is 0.305 e. The Labute approximate surface area is 474 Å². The van der Waals surface area contributed by atoms with Gasteiger partial charge in [-0.2, -0.15) is 0 Å². The largest absolute Gasteiger partial charge is 0.466 e. The van der Waals surface area contributed by atoms with Gasteiger partial charge in [-0.1, -0.05) is 314 Å². The molecule has 0 fully saturated rings. The Morgan fingerprint density at radius 1 is 0.355 bits per heavy atom. The Hall–Kier alpha value is -1.92. The molecule has 0 aliphatic rings. The number of carbonyl (C=O) groups is 2. The Balaban J connectivity index is 3.35. The molecule has 3 N–H and O–H groups in total. The summed E-state index contributed by atoms with van der Waals surface area (Å²) in [5.74, 6) is -0.0547. The first-order chi connectivity index (χ1) is 37.5. The number of carbonyl (C=O) groups excluding carboxylic acids is 2. The second kappa shape index (κ2) is 65.6. The van der Waals surface area contributed by atoms with Crippen LogP contribution in [0.15, 0.2) is 36.5 Å². The molecular formula is C70H133NO5. The van der Waals surface area contributed by atoms with E-state index in [0.717, 1.165) is 44.9 Å². The number of hydrogen-bond acceptors (Lipinski definition) is 5. The van der Waals surface area contributed by atoms with Crippen molar-refractivity contribution in [3.63, 3.8) is 0 Å². The molecule has 0 aromatic carbocycles. The summed E-state index contributed by atoms with van der Waals surface area (Å²) in [5.41, 5.74) is 0. The molecule has 2 unspecified atom stereocenters. The molecule has 0 heterocycles. The molecule has 0 aliphatic carbocycles. The fourth-order valence-corrected chi connectivity index (χ4v) is 10.6. The van der Waals surface area contributed by atoms with Crippen molar-refractivity contribution in [2.24, 2.45) is 0 Å². The molecule has 0 radical (unpaired) electrons. The van der Waals surface area contributed by atoms with E-state index in [0.29, 0.717) is 19.4 Å². The van der Waals surface area contributed by atoms with Gasteiger partial charge in [0.05, 0.1) is 25.4 Å². The second-order valence-corrected chi connectivity index (χ2v) is 23.5. The third-order valence-electron chi connectivity index (χ3n) is 15.9. The number of aliphatic hydroxyl groups excluding tert-OH is 2. The zero-order valence-electron chi connectivity index (χ0n) is 51.3. The third kappa shape index (κ3) is 61.3. The summed E-state index contributed by atoms with van der Waals surface area (Å²) < 4.78 is 5.49. The highest BCUT2D eigenvalue weighted by Gasteiger charge is 2.18. The number of esters is 1. The summed E-state index contributed by atoms with van der Waals surface area (Å²) in [5, 5.41) is 23.1. The predicted octanol–water partition coefficient (Wildman–Crippen LogP) is 21.9. The molecule has 1 amide bonds. The van der Waals surface area contributed by atoms with Gasteiger partial charge >= 0.3 is 5.97 Å². The van der Waals surface area contributed by atoms with Crippen molar-refractivity contribution in [2.45, 2.75) is 386 Å². The molecule has 76 heavy (non-hydrogen) atoms. The van der Waals surface area contributed by atoms with E-state index in [1.807, 2.05) is 6.08 Å². The highest BCUT2D eigenvalue weighted by Crippen LogP contribution is 2.18. The van der Waals surface area contributed by atoms with E-state index in [9.17, 15) is 19.8 Å². The quantitative estimate of drug-likeness (QED) is 0.0320. The Bertz CT molecular complexity index is 1230. The van der Waals surface area contributed by atoms with Crippen LogP contribution >= 0.6 is 0 Å². The minimum atomic E-state index is -0.841. The van der Waals surface area contributed by atoms with E-state index in [4.69, 9.17) is 4.74 Å². The lowest BCUT2D eigenvalue weighted by Gasteiger charge is -2.20. The van der Waals surface area contributed by atoms with E-state index < -0.39 is 12.1 Å². The minimum absolute atomic E-state index is 0.0102. The molecule has 0 aromatic heterocycles. The van der Waals surface area contributed by atoms with Gasteiger partial charge in [-0.05, 0) is 83.5 Å². The zero-order chi connectivity index (χ0) is 55.0. The van der Waals surface area contributed by atoms with Crippen LogP contribution < -0.4 is 5.32 Å². The zero-order valence-corrected chi connectivity index (χ0v) is 51.3. The van der Waals surface area contributed by atoms with Crippen molar-refractivity contribution < 1.29 is 24.5 Å². The van der Waals surface area contributed by atoms with E-state index in [2.05, 4.69) is 43.5 Å². The number of allylic oxidation sites excluding steroid dienone is 5. The first-order valence-electron chi connectivity index (χ1n) is 34.3. The molecule has 0 aromatic rings. The van der Waals surface area contributed by atoms with Gasteiger partial charge in [0, 0.05) is 12.8 Å². The molecule has 0 aliphatic heterocycles. The standard InChI is InChI=1S/C70H133NO5/c1-3-5-7-9-11-13-15-17-36-40-44-48-52-56-60-64-70(75)76-65-61-57-53-49-45-41-38-35-33-31-29-27-25-23-21-19-18-20-22-24-26-28-30-32-34-37-39-43-47-51-55-59-63-69(74)71-67(66-72)68(73)62-58-54-50-46-42-16-14-12-10-8-6-4-2/h17,21,23,36,58,62,67-68,72-73H,3-16,18-20,22,24-35,37-57,59-61,63-66H2,1-2H3,(H,71,74)/b23-21-,36-17-,62-58+. The number of hydrogen-bond donors (Lipinski definition) is 3. The van der Waals surface area contributed by atoms with E-state index >= 15 is 0 Å². The van der Waals surface area contributed by atoms with Gasteiger partial charge in [0.1, 0.15) is 0 Å². The van der Waals surface area contributed by atoms with E-state index in [1.54, 1.807) is 6.08 Å². The average Bonchev–Trinajstić information content (AvgIpc) is 3.42. The van der Waals surface area contributed by atoms with Gasteiger partial charge in [-0.25, -0.2) is 0 Å². The fraction of sp³-hybridized carbons (Fsp3) is 0.886. The topological polar surface area (TPSA) is 95.9 Å². The lowest BCUT2D eigenvalue weighted by molar-refractivity contribution is -0.143. The van der Waals surface area contributed by atoms with Gasteiger partial charge < -0.3 is 20.3 Å². The Morgan fingerprint density at radius 3 is 0.934 bits per heavy atom. The van der Waals surface area contributed by atoms with Gasteiger partial charge in [0.2, 0.25) is 5.91 Å². The Kier molecular flexibility index (Phi) is 63.9. The minimum Gasteiger partial charge on any atom is -0.466 e. The van der Waals surface area contributed by atoms with E-state index in [-0.39, 0.29) is 18.5 Å². The van der Waals surface area contributed by atoms with Gasteiger partial charge in [-0.15, -0.1) is 0 Å². The van der Waals surface area contributed by atoms with Crippen LogP contribution in [0, 0.1) is 0 Å². The van der Waals surface area contributed by atoms with Crippen LogP contribution in [-0.2, 0) is 14.3 Å².